The molecule has 0 bridgehead atoms. The van der Waals surface area contributed by atoms with Crippen molar-refractivity contribution in [2.75, 3.05) is 36.9 Å². The molecular formula is C14H20BrN3O2. The van der Waals surface area contributed by atoms with Crippen molar-refractivity contribution in [1.82, 2.24) is 5.32 Å². The van der Waals surface area contributed by atoms with Crippen LogP contribution in [0.15, 0.2) is 22.7 Å². The number of nitrogens with two attached hydrogens (primary N) is 1. The quantitative estimate of drug-likeness (QED) is 0.819. The van der Waals surface area contributed by atoms with Crippen molar-refractivity contribution >= 4 is 33.2 Å². The lowest BCUT2D eigenvalue weighted by atomic mass is 10.1. The number of morpholine rings is 1. The monoisotopic (exact) mass is 341 g/mol. The van der Waals surface area contributed by atoms with Crippen molar-refractivity contribution in [3.8, 4) is 0 Å². The number of carbonyl (C=O) groups is 1. The van der Waals surface area contributed by atoms with Gasteiger partial charge in [-0.1, -0.05) is 6.92 Å². The van der Waals surface area contributed by atoms with Crippen LogP contribution >= 0.6 is 15.9 Å². The van der Waals surface area contributed by atoms with E-state index < -0.39 is 0 Å². The number of anilines is 2. The minimum absolute atomic E-state index is 0.00951. The molecule has 0 radical (unpaired) electrons. The molecule has 1 fully saturated rings. The Kier molecular flexibility index (Phi) is 5.25. The third kappa shape index (κ3) is 3.43. The summed E-state index contributed by atoms with van der Waals surface area (Å²) in [4.78, 5) is 14.3. The van der Waals surface area contributed by atoms with Crippen LogP contribution in [0.25, 0.3) is 0 Å². The number of nitrogens with zero attached hydrogens (tertiary/aromatic N) is 1. The van der Waals surface area contributed by atoms with Crippen LogP contribution in [-0.2, 0) is 9.53 Å². The van der Waals surface area contributed by atoms with Crippen LogP contribution in [0.2, 0.25) is 0 Å². The molecule has 1 saturated heterocycles. The fourth-order valence-electron chi connectivity index (χ4n) is 2.23. The van der Waals surface area contributed by atoms with Gasteiger partial charge in [0.25, 0.3) is 0 Å². The Bertz CT molecular complexity index is 481. The maximum absolute atomic E-state index is 12.2. The van der Waals surface area contributed by atoms with Gasteiger partial charge >= 0.3 is 0 Å². The Labute approximate surface area is 127 Å². The minimum Gasteiger partial charge on any atom is -0.399 e. The predicted molar refractivity (Wildman–Crippen MR) is 83.8 cm³/mol. The molecule has 2 rings (SSSR count). The van der Waals surface area contributed by atoms with E-state index in [1.165, 1.54) is 0 Å². The molecule has 1 aromatic rings. The summed E-state index contributed by atoms with van der Waals surface area (Å²) in [7, 11) is 0. The summed E-state index contributed by atoms with van der Waals surface area (Å²) in [6.45, 7) is 4.44. The fourth-order valence-corrected chi connectivity index (χ4v) is 2.86. The molecule has 0 aromatic heterocycles. The number of nitrogen functional groups attached to an aromatic ring is 1. The lowest BCUT2D eigenvalue weighted by molar-refractivity contribution is -0.124. The average Bonchev–Trinajstić information content (AvgIpc) is 2.45. The second-order valence-corrected chi connectivity index (χ2v) is 5.64. The zero-order valence-electron chi connectivity index (χ0n) is 11.6. The van der Waals surface area contributed by atoms with Gasteiger partial charge in [-0.05, 0) is 40.5 Å². The van der Waals surface area contributed by atoms with Gasteiger partial charge in [-0.3, -0.25) is 4.79 Å². The Hall–Kier alpha value is -1.27. The highest BCUT2D eigenvalue weighted by atomic mass is 79.9. The number of amides is 1. The first-order chi connectivity index (χ1) is 9.63. The Balaban J connectivity index is 2.19. The molecule has 1 aromatic carbocycles. The first-order valence-electron chi connectivity index (χ1n) is 6.80. The molecule has 0 aliphatic carbocycles. The van der Waals surface area contributed by atoms with Crippen LogP contribution in [0.4, 0.5) is 11.4 Å². The number of hydrogen-bond donors (Lipinski definition) is 2. The highest BCUT2D eigenvalue weighted by Crippen LogP contribution is 2.30. The molecule has 20 heavy (non-hydrogen) atoms. The van der Waals surface area contributed by atoms with Gasteiger partial charge in [0, 0.05) is 23.2 Å². The molecule has 1 atom stereocenters. The number of nitrogens with one attached hydrogen (secondary N) is 1. The van der Waals surface area contributed by atoms with E-state index in [-0.39, 0.29) is 11.9 Å². The van der Waals surface area contributed by atoms with E-state index in [9.17, 15) is 4.79 Å². The molecule has 0 saturated carbocycles. The van der Waals surface area contributed by atoms with Crippen LogP contribution < -0.4 is 16.0 Å². The third-order valence-electron chi connectivity index (χ3n) is 3.26. The summed E-state index contributed by atoms with van der Waals surface area (Å²) in [6.07, 6.45) is 0.922. The van der Waals surface area contributed by atoms with Crippen LogP contribution in [0.1, 0.15) is 13.3 Å². The molecule has 1 aliphatic heterocycles. The van der Waals surface area contributed by atoms with Gasteiger partial charge in [-0.15, -0.1) is 0 Å². The number of carbonyl (C=O) groups excluding carboxylic acids is 1. The van der Waals surface area contributed by atoms with Crippen molar-refractivity contribution < 1.29 is 9.53 Å². The summed E-state index contributed by atoms with van der Waals surface area (Å²) in [5, 5.41) is 2.93. The molecule has 110 valence electrons. The van der Waals surface area contributed by atoms with Crippen LogP contribution in [0.3, 0.4) is 0 Å². The normalized spacial score (nSPS) is 18.9. The first-order valence-corrected chi connectivity index (χ1v) is 7.60. The molecular weight excluding hydrogens is 322 g/mol. The van der Waals surface area contributed by atoms with Gasteiger partial charge in [-0.2, -0.15) is 0 Å². The first kappa shape index (κ1) is 15.1. The topological polar surface area (TPSA) is 67.6 Å². The molecule has 1 amide bonds. The SMILES string of the molecule is CCCNC(=O)C1COCCN1c1ccc(N)cc1Br. The van der Waals surface area contributed by atoms with Crippen molar-refractivity contribution in [3.05, 3.63) is 22.7 Å². The standard InChI is InChI=1S/C14H20BrN3O2/c1-2-5-17-14(19)13-9-20-7-6-18(13)12-4-3-10(16)8-11(12)15/h3-4,8,13H,2,5-7,9,16H2,1H3,(H,17,19). The number of ether oxygens (including phenoxy) is 1. The van der Waals surface area contributed by atoms with Gasteiger partial charge in [0.05, 0.1) is 18.9 Å². The average molecular weight is 342 g/mol. The van der Waals surface area contributed by atoms with E-state index in [2.05, 4.69) is 26.1 Å². The smallest absolute Gasteiger partial charge is 0.245 e. The van der Waals surface area contributed by atoms with E-state index in [0.717, 1.165) is 16.6 Å². The third-order valence-corrected chi connectivity index (χ3v) is 3.90. The molecule has 0 spiro atoms. The summed E-state index contributed by atoms with van der Waals surface area (Å²) >= 11 is 3.52. The number of hydrogen-bond acceptors (Lipinski definition) is 4. The summed E-state index contributed by atoms with van der Waals surface area (Å²) < 4.78 is 6.35. The van der Waals surface area contributed by atoms with Crippen LogP contribution in [0.5, 0.6) is 0 Å². The zero-order valence-corrected chi connectivity index (χ0v) is 13.1. The number of halogens is 1. The second kappa shape index (κ2) is 6.95. The molecule has 5 nitrogen and oxygen atoms in total. The van der Waals surface area contributed by atoms with E-state index in [0.29, 0.717) is 32.0 Å². The van der Waals surface area contributed by atoms with Crippen molar-refractivity contribution in [2.45, 2.75) is 19.4 Å². The highest BCUT2D eigenvalue weighted by molar-refractivity contribution is 9.10. The second-order valence-electron chi connectivity index (χ2n) is 4.79. The van der Waals surface area contributed by atoms with Gasteiger partial charge in [-0.25, -0.2) is 0 Å². The summed E-state index contributed by atoms with van der Waals surface area (Å²) in [5.74, 6) is 0.00951. The van der Waals surface area contributed by atoms with Crippen molar-refractivity contribution in [2.24, 2.45) is 0 Å². The predicted octanol–water partition coefficient (Wildman–Crippen LogP) is 1.76. The molecule has 1 aliphatic rings. The van der Waals surface area contributed by atoms with Gasteiger partial charge in [0.15, 0.2) is 0 Å². The van der Waals surface area contributed by atoms with Crippen LogP contribution in [-0.4, -0.2) is 38.3 Å². The van der Waals surface area contributed by atoms with Crippen molar-refractivity contribution in [3.63, 3.8) is 0 Å². The maximum Gasteiger partial charge on any atom is 0.245 e. The molecule has 1 unspecified atom stereocenters. The summed E-state index contributed by atoms with van der Waals surface area (Å²) in [5.41, 5.74) is 7.43. The van der Waals surface area contributed by atoms with E-state index >= 15 is 0 Å². The largest absolute Gasteiger partial charge is 0.399 e. The van der Waals surface area contributed by atoms with Gasteiger partial charge in [0.1, 0.15) is 6.04 Å². The molecule has 1 heterocycles. The molecule has 3 N–H and O–H groups in total. The maximum atomic E-state index is 12.2. The minimum atomic E-state index is -0.296. The van der Waals surface area contributed by atoms with E-state index in [4.69, 9.17) is 10.5 Å². The van der Waals surface area contributed by atoms with E-state index in [1.807, 2.05) is 25.1 Å². The Morgan fingerprint density at radius 2 is 2.40 bits per heavy atom. The van der Waals surface area contributed by atoms with Crippen molar-refractivity contribution in [1.29, 1.82) is 0 Å². The highest BCUT2D eigenvalue weighted by Gasteiger charge is 2.30. The zero-order chi connectivity index (χ0) is 14.5. The van der Waals surface area contributed by atoms with E-state index in [1.54, 1.807) is 0 Å². The molecule has 6 heteroatoms. The fraction of sp³-hybridized carbons (Fsp3) is 0.500. The van der Waals surface area contributed by atoms with Gasteiger partial charge < -0.3 is 20.7 Å². The number of benzene rings is 1. The Morgan fingerprint density at radius 3 is 3.10 bits per heavy atom. The van der Waals surface area contributed by atoms with Crippen LogP contribution in [0, 0.1) is 0 Å². The van der Waals surface area contributed by atoms with Gasteiger partial charge in [0.2, 0.25) is 5.91 Å². The number of rotatable bonds is 4. The Morgan fingerprint density at radius 1 is 1.60 bits per heavy atom. The lowest BCUT2D eigenvalue weighted by Crippen LogP contribution is -2.54. The lowest BCUT2D eigenvalue weighted by Gasteiger charge is -2.36. The summed E-state index contributed by atoms with van der Waals surface area (Å²) in [6, 6.07) is 5.34.